The number of anilines is 1. The van der Waals surface area contributed by atoms with Crippen LogP contribution >= 0.6 is 0 Å². The Balaban J connectivity index is 2.39. The van der Waals surface area contributed by atoms with Crippen LogP contribution in [0.4, 0.5) is 11.4 Å². The number of Topliss-reactive ketones (excluding diaryl/α,β-unsaturated/α-hetero) is 1. The van der Waals surface area contributed by atoms with E-state index in [1.165, 1.54) is 19.3 Å². The number of nitro benzene ring substituents is 1. The van der Waals surface area contributed by atoms with Crippen molar-refractivity contribution in [3.8, 4) is 0 Å². The average molecular weight is 360 g/mol. The molecule has 1 aliphatic rings. The lowest BCUT2D eigenvalue weighted by atomic mass is 9.91. The summed E-state index contributed by atoms with van der Waals surface area (Å²) in [6.07, 6.45) is 6.27. The van der Waals surface area contributed by atoms with E-state index in [0.717, 1.165) is 30.6 Å². The van der Waals surface area contributed by atoms with Gasteiger partial charge < -0.3 is 9.69 Å². The Hall–Kier alpha value is -1.91. The first-order valence-corrected chi connectivity index (χ1v) is 9.84. The van der Waals surface area contributed by atoms with Crippen LogP contribution in [0.1, 0.15) is 77.7 Å². The van der Waals surface area contributed by atoms with Crippen molar-refractivity contribution >= 4 is 17.2 Å². The molecule has 1 aromatic rings. The zero-order chi connectivity index (χ0) is 19.3. The topological polar surface area (TPSA) is 63.5 Å². The van der Waals surface area contributed by atoms with Gasteiger partial charge >= 0.3 is 0 Å². The number of benzene rings is 1. The monoisotopic (exact) mass is 360 g/mol. The molecule has 2 rings (SSSR count). The maximum absolute atomic E-state index is 11.8. The first kappa shape index (κ1) is 20.4. The standard InChI is InChI=1S/C21H32N2O3/c1-15(2)14-22(19-8-6-5-7-9-19)20-11-10-18(13-21(20)23(25)26)16(3)12-17(4)24/h10-11,13,15-16,19H,5-9,12,14H2,1-4H3/t16-/m0/s1. The number of ketones is 1. The molecule has 1 atom stereocenters. The van der Waals surface area contributed by atoms with Crippen LogP contribution in [0.3, 0.4) is 0 Å². The minimum atomic E-state index is -0.268. The Morgan fingerprint density at radius 1 is 1.23 bits per heavy atom. The molecule has 0 radical (unpaired) electrons. The van der Waals surface area contributed by atoms with Crippen LogP contribution in [-0.2, 0) is 4.79 Å². The smallest absolute Gasteiger partial charge is 0.292 e. The molecular formula is C21H32N2O3. The number of hydrogen-bond acceptors (Lipinski definition) is 4. The molecule has 5 heteroatoms. The largest absolute Gasteiger partial charge is 0.363 e. The summed E-state index contributed by atoms with van der Waals surface area (Å²) < 4.78 is 0. The van der Waals surface area contributed by atoms with E-state index in [2.05, 4.69) is 18.7 Å². The van der Waals surface area contributed by atoms with Crippen molar-refractivity contribution in [1.29, 1.82) is 0 Å². The second-order valence-electron chi connectivity index (χ2n) is 8.15. The van der Waals surface area contributed by atoms with Gasteiger partial charge in [0.2, 0.25) is 0 Å². The van der Waals surface area contributed by atoms with E-state index in [-0.39, 0.29) is 22.3 Å². The van der Waals surface area contributed by atoms with Gasteiger partial charge in [-0.15, -0.1) is 0 Å². The van der Waals surface area contributed by atoms with Crippen LogP contribution < -0.4 is 4.90 Å². The third-order valence-corrected chi connectivity index (χ3v) is 5.25. The molecule has 0 amide bonds. The van der Waals surface area contributed by atoms with Crippen LogP contribution in [0, 0.1) is 16.0 Å². The Kier molecular flexibility index (Phi) is 7.18. The lowest BCUT2D eigenvalue weighted by Gasteiger charge is -2.37. The van der Waals surface area contributed by atoms with Crippen LogP contribution in [0.15, 0.2) is 18.2 Å². The molecule has 0 spiro atoms. The first-order valence-electron chi connectivity index (χ1n) is 9.84. The van der Waals surface area contributed by atoms with Gasteiger partial charge in [0, 0.05) is 25.1 Å². The zero-order valence-corrected chi connectivity index (χ0v) is 16.5. The van der Waals surface area contributed by atoms with E-state index in [1.807, 2.05) is 19.1 Å². The first-order chi connectivity index (χ1) is 12.3. The maximum Gasteiger partial charge on any atom is 0.292 e. The molecule has 26 heavy (non-hydrogen) atoms. The summed E-state index contributed by atoms with van der Waals surface area (Å²) in [5.41, 5.74) is 1.77. The molecule has 0 bridgehead atoms. The van der Waals surface area contributed by atoms with Gasteiger partial charge in [0.25, 0.3) is 5.69 Å². The van der Waals surface area contributed by atoms with Gasteiger partial charge in [0.1, 0.15) is 11.5 Å². The van der Waals surface area contributed by atoms with Gasteiger partial charge in [-0.1, -0.05) is 46.1 Å². The van der Waals surface area contributed by atoms with Crippen LogP contribution in [0.5, 0.6) is 0 Å². The normalized spacial score (nSPS) is 16.5. The summed E-state index contributed by atoms with van der Waals surface area (Å²) in [6.45, 7) is 8.66. The SMILES string of the molecule is CC(=O)C[C@H](C)c1ccc(N(CC(C)C)C2CCCCC2)c([N+](=O)[O-])c1. The van der Waals surface area contributed by atoms with Crippen molar-refractivity contribution in [3.63, 3.8) is 0 Å². The van der Waals surface area contributed by atoms with Crippen molar-refractivity contribution in [3.05, 3.63) is 33.9 Å². The fraction of sp³-hybridized carbons (Fsp3) is 0.667. The van der Waals surface area contributed by atoms with E-state index < -0.39 is 0 Å². The molecular weight excluding hydrogens is 328 g/mol. The van der Waals surface area contributed by atoms with Crippen molar-refractivity contribution in [2.24, 2.45) is 5.92 Å². The lowest BCUT2D eigenvalue weighted by molar-refractivity contribution is -0.384. The molecule has 0 aliphatic heterocycles. The van der Waals surface area contributed by atoms with Crippen molar-refractivity contribution in [2.45, 2.75) is 78.2 Å². The summed E-state index contributed by atoms with van der Waals surface area (Å²) in [4.78, 5) is 25.2. The zero-order valence-electron chi connectivity index (χ0n) is 16.5. The fourth-order valence-corrected chi connectivity index (χ4v) is 4.02. The van der Waals surface area contributed by atoms with E-state index in [9.17, 15) is 14.9 Å². The van der Waals surface area contributed by atoms with Crippen molar-refractivity contribution < 1.29 is 9.72 Å². The van der Waals surface area contributed by atoms with Gasteiger partial charge in [-0.25, -0.2) is 0 Å². The fourth-order valence-electron chi connectivity index (χ4n) is 4.02. The number of rotatable bonds is 8. The molecule has 1 aromatic carbocycles. The highest BCUT2D eigenvalue weighted by Gasteiger charge is 2.28. The third kappa shape index (κ3) is 5.29. The van der Waals surface area contributed by atoms with E-state index in [1.54, 1.807) is 13.0 Å². The van der Waals surface area contributed by atoms with E-state index >= 15 is 0 Å². The number of nitro groups is 1. The summed E-state index contributed by atoms with van der Waals surface area (Å²) in [6, 6.07) is 5.93. The lowest BCUT2D eigenvalue weighted by Crippen LogP contribution is -2.39. The van der Waals surface area contributed by atoms with Gasteiger partial charge in [-0.05, 0) is 43.2 Å². The van der Waals surface area contributed by atoms with Gasteiger partial charge in [-0.3, -0.25) is 10.1 Å². The van der Waals surface area contributed by atoms with Crippen LogP contribution in [0.2, 0.25) is 0 Å². The molecule has 1 fully saturated rings. The summed E-state index contributed by atoms with van der Waals surface area (Å²) in [7, 11) is 0. The quantitative estimate of drug-likeness (QED) is 0.455. The van der Waals surface area contributed by atoms with E-state index in [0.29, 0.717) is 18.4 Å². The number of nitrogens with zero attached hydrogens (tertiary/aromatic N) is 2. The second kappa shape index (κ2) is 9.15. The molecule has 0 aromatic heterocycles. The third-order valence-electron chi connectivity index (χ3n) is 5.25. The molecule has 0 saturated heterocycles. The number of carbonyl (C=O) groups excluding carboxylic acids is 1. The minimum absolute atomic E-state index is 0.00604. The highest BCUT2D eigenvalue weighted by Crippen LogP contribution is 2.36. The predicted molar refractivity (Wildman–Crippen MR) is 106 cm³/mol. The molecule has 1 saturated carbocycles. The van der Waals surface area contributed by atoms with Gasteiger partial charge in [-0.2, -0.15) is 0 Å². The second-order valence-corrected chi connectivity index (χ2v) is 8.15. The highest BCUT2D eigenvalue weighted by molar-refractivity contribution is 5.76. The molecule has 0 unspecified atom stereocenters. The van der Waals surface area contributed by atoms with Crippen LogP contribution in [0.25, 0.3) is 0 Å². The summed E-state index contributed by atoms with van der Waals surface area (Å²) in [5.74, 6) is 0.536. The van der Waals surface area contributed by atoms with Crippen LogP contribution in [-0.4, -0.2) is 23.3 Å². The average Bonchev–Trinajstić information content (AvgIpc) is 2.59. The number of carbonyl (C=O) groups is 1. The predicted octanol–water partition coefficient (Wildman–Crippen LogP) is 5.47. The van der Waals surface area contributed by atoms with E-state index in [4.69, 9.17) is 0 Å². The van der Waals surface area contributed by atoms with Crippen molar-refractivity contribution in [2.75, 3.05) is 11.4 Å². The Morgan fingerprint density at radius 3 is 2.42 bits per heavy atom. The van der Waals surface area contributed by atoms with Crippen molar-refractivity contribution in [1.82, 2.24) is 0 Å². The molecule has 1 aliphatic carbocycles. The summed E-state index contributed by atoms with van der Waals surface area (Å²) >= 11 is 0. The Morgan fingerprint density at radius 2 is 1.88 bits per heavy atom. The van der Waals surface area contributed by atoms with Gasteiger partial charge in [0.05, 0.1) is 4.92 Å². The Bertz CT molecular complexity index is 636. The Labute approximate surface area is 156 Å². The maximum atomic E-state index is 11.8. The van der Waals surface area contributed by atoms with Gasteiger partial charge in [0.15, 0.2) is 0 Å². The minimum Gasteiger partial charge on any atom is -0.363 e. The number of hydrogen-bond donors (Lipinski definition) is 0. The summed E-state index contributed by atoms with van der Waals surface area (Å²) in [5, 5.41) is 11.8. The highest BCUT2D eigenvalue weighted by atomic mass is 16.6. The molecule has 0 heterocycles. The molecule has 5 nitrogen and oxygen atoms in total. The molecule has 0 N–H and O–H groups in total. The molecule has 144 valence electrons.